The normalized spacial score (nSPS) is 16.9. The summed E-state index contributed by atoms with van der Waals surface area (Å²) in [6.45, 7) is 4.22. The van der Waals surface area contributed by atoms with Crippen molar-refractivity contribution in [2.45, 2.75) is 32.1 Å². The number of fused-ring (bicyclic) bond motifs is 3. The van der Waals surface area contributed by atoms with Crippen LogP contribution in [-0.2, 0) is 11.8 Å². The van der Waals surface area contributed by atoms with E-state index in [1.807, 2.05) is 6.92 Å². The first-order valence-corrected chi connectivity index (χ1v) is 8.25. The van der Waals surface area contributed by atoms with Gasteiger partial charge in [0, 0.05) is 0 Å². The molecule has 0 aromatic heterocycles. The molecule has 2 aliphatic carbocycles. The minimum absolute atomic E-state index is 0.203. The lowest BCUT2D eigenvalue weighted by Gasteiger charge is -2.29. The molecule has 0 heteroatoms. The van der Waals surface area contributed by atoms with Gasteiger partial charge in [-0.25, -0.2) is 0 Å². The summed E-state index contributed by atoms with van der Waals surface area (Å²) in [4.78, 5) is 0. The molecule has 1 atom stereocenters. The first-order valence-electron chi connectivity index (χ1n) is 8.25. The molecule has 0 bridgehead atoms. The maximum absolute atomic E-state index is 3.52. The molecule has 0 saturated carbocycles. The van der Waals surface area contributed by atoms with E-state index in [1.54, 1.807) is 0 Å². The fourth-order valence-electron chi connectivity index (χ4n) is 4.01. The largest absolute Gasteiger partial charge is 0.105 e. The van der Waals surface area contributed by atoms with E-state index in [9.17, 15) is 0 Å². The Kier molecular flexibility index (Phi) is 3.24. The summed E-state index contributed by atoms with van der Waals surface area (Å²) >= 11 is 0. The van der Waals surface area contributed by atoms with E-state index in [0.29, 0.717) is 0 Å². The van der Waals surface area contributed by atoms with Crippen molar-refractivity contribution in [2.24, 2.45) is 0 Å². The van der Waals surface area contributed by atoms with Gasteiger partial charge in [0.15, 0.2) is 0 Å². The van der Waals surface area contributed by atoms with Crippen molar-refractivity contribution < 1.29 is 0 Å². The zero-order chi connectivity index (χ0) is 15.9. The van der Waals surface area contributed by atoms with Crippen LogP contribution in [0.2, 0.25) is 0 Å². The molecule has 1 unspecified atom stereocenters. The molecule has 23 heavy (non-hydrogen) atoms. The van der Waals surface area contributed by atoms with Crippen LogP contribution in [0.4, 0.5) is 0 Å². The van der Waals surface area contributed by atoms with Gasteiger partial charge in [0.2, 0.25) is 0 Å². The molecular weight excluding hydrogens is 276 g/mol. The van der Waals surface area contributed by atoms with E-state index < -0.39 is 0 Å². The van der Waals surface area contributed by atoms with Crippen LogP contribution in [0.1, 0.15) is 37.0 Å². The number of hydrogen-bond acceptors (Lipinski definition) is 0. The standard InChI is InChI=1S/C23H20/c1-3-15-23(2,18-10-5-6-11-18)22-14-8-13-20-19-12-7-4-9-17(19)16-21(20)22/h4-10,12-14H,11,16H2,1-2H3. The van der Waals surface area contributed by atoms with Gasteiger partial charge in [-0.1, -0.05) is 66.6 Å². The molecule has 0 fully saturated rings. The molecule has 0 nitrogen and oxygen atoms in total. The fraction of sp³-hybridized carbons (Fsp3) is 0.217. The second-order valence-corrected chi connectivity index (χ2v) is 6.49. The third-order valence-electron chi connectivity index (χ3n) is 5.18. The molecule has 0 amide bonds. The lowest BCUT2D eigenvalue weighted by molar-refractivity contribution is 0.709. The lowest BCUT2D eigenvalue weighted by Crippen LogP contribution is -2.24. The third-order valence-corrected chi connectivity index (χ3v) is 5.18. The Morgan fingerprint density at radius 1 is 1.00 bits per heavy atom. The van der Waals surface area contributed by atoms with E-state index in [-0.39, 0.29) is 5.41 Å². The summed E-state index contributed by atoms with van der Waals surface area (Å²) in [6, 6.07) is 15.5. The van der Waals surface area contributed by atoms with Gasteiger partial charge in [0.05, 0.1) is 5.41 Å². The van der Waals surface area contributed by atoms with Crippen molar-refractivity contribution in [1.29, 1.82) is 0 Å². The molecular formula is C23H20. The number of rotatable bonds is 2. The zero-order valence-electron chi connectivity index (χ0n) is 13.7. The average molecular weight is 296 g/mol. The van der Waals surface area contributed by atoms with E-state index in [1.165, 1.54) is 33.4 Å². The topological polar surface area (TPSA) is 0 Å². The van der Waals surface area contributed by atoms with E-state index >= 15 is 0 Å². The van der Waals surface area contributed by atoms with Crippen molar-refractivity contribution in [1.82, 2.24) is 0 Å². The van der Waals surface area contributed by atoms with Crippen LogP contribution in [0.25, 0.3) is 11.1 Å². The summed E-state index contributed by atoms with van der Waals surface area (Å²) < 4.78 is 0. The molecule has 0 aliphatic heterocycles. The molecule has 4 rings (SSSR count). The summed E-state index contributed by atoms with van der Waals surface area (Å²) in [5.74, 6) is 6.69. The molecule has 2 aromatic carbocycles. The maximum atomic E-state index is 3.52. The first-order chi connectivity index (χ1) is 11.2. The number of hydrogen-bond donors (Lipinski definition) is 0. The Morgan fingerprint density at radius 3 is 2.61 bits per heavy atom. The van der Waals surface area contributed by atoms with Gasteiger partial charge in [-0.15, -0.1) is 5.92 Å². The highest BCUT2D eigenvalue weighted by molar-refractivity contribution is 5.79. The number of benzene rings is 2. The molecule has 0 N–H and O–H groups in total. The molecule has 0 saturated heterocycles. The molecule has 0 radical (unpaired) electrons. The second-order valence-electron chi connectivity index (χ2n) is 6.49. The van der Waals surface area contributed by atoms with Crippen molar-refractivity contribution in [3.05, 3.63) is 83.0 Å². The Bertz CT molecular complexity index is 899. The van der Waals surface area contributed by atoms with Crippen LogP contribution >= 0.6 is 0 Å². The average Bonchev–Trinajstić information content (AvgIpc) is 3.22. The maximum Gasteiger partial charge on any atom is 0.0752 e. The van der Waals surface area contributed by atoms with Gasteiger partial charge >= 0.3 is 0 Å². The minimum atomic E-state index is -0.203. The highest BCUT2D eigenvalue weighted by Gasteiger charge is 2.34. The van der Waals surface area contributed by atoms with E-state index in [2.05, 4.69) is 79.5 Å². The van der Waals surface area contributed by atoms with E-state index in [4.69, 9.17) is 0 Å². The molecule has 2 aliphatic rings. The predicted molar refractivity (Wildman–Crippen MR) is 97.3 cm³/mol. The van der Waals surface area contributed by atoms with Crippen LogP contribution in [0.3, 0.4) is 0 Å². The van der Waals surface area contributed by atoms with Gasteiger partial charge < -0.3 is 0 Å². The lowest BCUT2D eigenvalue weighted by atomic mass is 9.73. The van der Waals surface area contributed by atoms with Gasteiger partial charge in [-0.3, -0.25) is 0 Å². The SMILES string of the molecule is CC#CC(C)(C1=CC=CC1)c1cccc2c1Cc1ccccc1-2. The van der Waals surface area contributed by atoms with Crippen molar-refractivity contribution >= 4 is 0 Å². The zero-order valence-corrected chi connectivity index (χ0v) is 13.7. The first kappa shape index (κ1) is 14.1. The van der Waals surface area contributed by atoms with Gasteiger partial charge in [0.1, 0.15) is 0 Å². The minimum Gasteiger partial charge on any atom is -0.105 e. The second kappa shape index (κ2) is 5.28. The van der Waals surface area contributed by atoms with Crippen LogP contribution < -0.4 is 0 Å². The van der Waals surface area contributed by atoms with Crippen molar-refractivity contribution in [3.8, 4) is 23.0 Å². The van der Waals surface area contributed by atoms with Gasteiger partial charge in [0.25, 0.3) is 0 Å². The van der Waals surface area contributed by atoms with Crippen molar-refractivity contribution in [2.75, 3.05) is 0 Å². The summed E-state index contributed by atoms with van der Waals surface area (Å²) in [7, 11) is 0. The third kappa shape index (κ3) is 2.08. The summed E-state index contributed by atoms with van der Waals surface area (Å²) in [5, 5.41) is 0. The van der Waals surface area contributed by atoms with Gasteiger partial charge in [-0.2, -0.15) is 0 Å². The Balaban J connectivity index is 1.92. The Morgan fingerprint density at radius 2 is 1.83 bits per heavy atom. The Labute approximate surface area is 138 Å². The monoisotopic (exact) mass is 296 g/mol. The molecule has 2 aromatic rings. The van der Waals surface area contributed by atoms with Crippen LogP contribution in [0.5, 0.6) is 0 Å². The number of allylic oxidation sites excluding steroid dienone is 4. The van der Waals surface area contributed by atoms with Crippen molar-refractivity contribution in [3.63, 3.8) is 0 Å². The fourth-order valence-corrected chi connectivity index (χ4v) is 4.01. The highest BCUT2D eigenvalue weighted by atomic mass is 14.4. The molecule has 0 heterocycles. The summed E-state index contributed by atoms with van der Waals surface area (Å²) in [5.41, 5.74) is 8.22. The smallest absolute Gasteiger partial charge is 0.0752 e. The highest BCUT2D eigenvalue weighted by Crippen LogP contribution is 2.44. The van der Waals surface area contributed by atoms with Crippen LogP contribution in [-0.4, -0.2) is 0 Å². The summed E-state index contributed by atoms with van der Waals surface area (Å²) in [6.07, 6.45) is 8.64. The quantitative estimate of drug-likeness (QED) is 0.553. The molecule has 0 spiro atoms. The van der Waals surface area contributed by atoms with Crippen LogP contribution in [0.15, 0.2) is 66.3 Å². The van der Waals surface area contributed by atoms with Gasteiger partial charge in [-0.05, 0) is 60.1 Å². The van der Waals surface area contributed by atoms with E-state index in [0.717, 1.165) is 12.8 Å². The van der Waals surface area contributed by atoms with Crippen LogP contribution in [0, 0.1) is 11.8 Å². The predicted octanol–water partition coefficient (Wildman–Crippen LogP) is 5.43. The Hall–Kier alpha value is -2.52. The molecule has 112 valence electrons.